The molecule has 6 nitrogen and oxygen atoms in total. The number of benzene rings is 1. The molecule has 0 unspecified atom stereocenters. The van der Waals surface area contributed by atoms with Gasteiger partial charge in [-0.3, -0.25) is 5.10 Å². The van der Waals surface area contributed by atoms with Crippen LogP contribution in [-0.2, 0) is 6.42 Å². The fourth-order valence-electron chi connectivity index (χ4n) is 2.46. The van der Waals surface area contributed by atoms with Crippen LogP contribution in [-0.4, -0.2) is 31.2 Å². The molecule has 0 atom stereocenters. The summed E-state index contributed by atoms with van der Waals surface area (Å²) in [5.74, 6) is 0.677. The summed E-state index contributed by atoms with van der Waals surface area (Å²) in [5.41, 5.74) is 3.59. The zero-order valence-corrected chi connectivity index (χ0v) is 13.5. The van der Waals surface area contributed by atoms with Crippen LogP contribution >= 0.6 is 11.8 Å². The highest BCUT2D eigenvalue weighted by molar-refractivity contribution is 7.98. The summed E-state index contributed by atoms with van der Waals surface area (Å²) in [6.45, 7) is 3.92. The molecule has 0 amide bonds. The number of rotatable bonds is 4. The molecule has 114 valence electrons. The highest BCUT2D eigenvalue weighted by Crippen LogP contribution is 2.20. The summed E-state index contributed by atoms with van der Waals surface area (Å²) in [6, 6.07) is 7.86. The average Bonchev–Trinajstić information content (AvgIpc) is 3.04. The fraction of sp³-hybridized carbons (Fsp3) is 0.267. The van der Waals surface area contributed by atoms with Gasteiger partial charge in [0.15, 0.2) is 0 Å². The van der Waals surface area contributed by atoms with E-state index in [0.29, 0.717) is 12.2 Å². The lowest BCUT2D eigenvalue weighted by Crippen LogP contribution is -2.17. The third-order valence-electron chi connectivity index (χ3n) is 3.67. The summed E-state index contributed by atoms with van der Waals surface area (Å²) in [5, 5.41) is 13.9. The lowest BCUT2D eigenvalue weighted by molar-refractivity contribution is 0.883. The van der Waals surface area contributed by atoms with Gasteiger partial charge in [-0.25, -0.2) is 14.5 Å². The predicted octanol–water partition coefficient (Wildman–Crippen LogP) is 2.21. The van der Waals surface area contributed by atoms with E-state index in [9.17, 15) is 4.79 Å². The van der Waals surface area contributed by atoms with Crippen molar-refractivity contribution in [2.75, 3.05) is 6.26 Å². The Labute approximate surface area is 132 Å². The van der Waals surface area contributed by atoms with Gasteiger partial charge in [-0.05, 0) is 38.3 Å². The molecule has 0 fully saturated rings. The number of hydrogen-bond acceptors (Lipinski definition) is 4. The molecule has 0 aliphatic rings. The minimum absolute atomic E-state index is 0.230. The summed E-state index contributed by atoms with van der Waals surface area (Å²) < 4.78 is 1.62. The van der Waals surface area contributed by atoms with Gasteiger partial charge in [-0.15, -0.1) is 11.8 Å². The van der Waals surface area contributed by atoms with Crippen molar-refractivity contribution in [3.8, 4) is 5.69 Å². The SMILES string of the molecule is CSc1cccc(-n2c(Cc3c(C)n[nH]c3C)n[nH]c2=O)c1. The van der Waals surface area contributed by atoms with E-state index in [-0.39, 0.29) is 5.69 Å². The first-order valence-corrected chi connectivity index (χ1v) is 8.13. The van der Waals surface area contributed by atoms with Crippen molar-refractivity contribution in [2.45, 2.75) is 25.2 Å². The van der Waals surface area contributed by atoms with Gasteiger partial charge in [0.2, 0.25) is 0 Å². The quantitative estimate of drug-likeness (QED) is 0.724. The largest absolute Gasteiger partial charge is 0.347 e. The Bertz CT molecular complexity index is 841. The topological polar surface area (TPSA) is 79.4 Å². The van der Waals surface area contributed by atoms with Crippen LogP contribution < -0.4 is 5.69 Å². The van der Waals surface area contributed by atoms with E-state index in [1.165, 1.54) is 0 Å². The van der Waals surface area contributed by atoms with Crippen molar-refractivity contribution in [2.24, 2.45) is 0 Å². The summed E-state index contributed by atoms with van der Waals surface area (Å²) in [4.78, 5) is 13.3. The van der Waals surface area contributed by atoms with E-state index in [2.05, 4.69) is 20.4 Å². The molecule has 0 radical (unpaired) electrons. The third-order valence-corrected chi connectivity index (χ3v) is 4.39. The second kappa shape index (κ2) is 5.84. The Morgan fingerprint density at radius 1 is 1.23 bits per heavy atom. The average molecular weight is 315 g/mol. The lowest BCUT2D eigenvalue weighted by Gasteiger charge is -2.07. The molecule has 3 aromatic rings. The second-order valence-electron chi connectivity index (χ2n) is 5.07. The number of nitrogens with one attached hydrogen (secondary N) is 2. The van der Waals surface area contributed by atoms with E-state index in [4.69, 9.17) is 0 Å². The molecule has 3 rings (SSSR count). The monoisotopic (exact) mass is 315 g/mol. The molecule has 0 spiro atoms. The van der Waals surface area contributed by atoms with E-state index >= 15 is 0 Å². The van der Waals surface area contributed by atoms with Gasteiger partial charge >= 0.3 is 5.69 Å². The van der Waals surface area contributed by atoms with Gasteiger partial charge in [-0.1, -0.05) is 6.07 Å². The minimum atomic E-state index is -0.230. The first-order chi connectivity index (χ1) is 10.6. The van der Waals surface area contributed by atoms with Gasteiger partial charge in [0.05, 0.1) is 11.4 Å². The maximum Gasteiger partial charge on any atom is 0.347 e. The number of H-pyrrole nitrogens is 2. The Hall–Kier alpha value is -2.28. The Morgan fingerprint density at radius 3 is 2.73 bits per heavy atom. The van der Waals surface area contributed by atoms with Crippen LogP contribution in [0.5, 0.6) is 0 Å². The summed E-state index contributed by atoms with van der Waals surface area (Å²) in [6.07, 6.45) is 2.56. The Kier molecular flexibility index (Phi) is 3.89. The first-order valence-electron chi connectivity index (χ1n) is 6.91. The lowest BCUT2D eigenvalue weighted by atomic mass is 10.1. The Morgan fingerprint density at radius 2 is 2.05 bits per heavy atom. The van der Waals surface area contributed by atoms with Crippen molar-refractivity contribution in [3.05, 3.63) is 57.5 Å². The highest BCUT2D eigenvalue weighted by atomic mass is 32.2. The number of hydrogen-bond donors (Lipinski definition) is 2. The number of aromatic nitrogens is 5. The van der Waals surface area contributed by atoms with Gasteiger partial charge in [0.25, 0.3) is 0 Å². The smallest absolute Gasteiger partial charge is 0.282 e. The van der Waals surface area contributed by atoms with Crippen LogP contribution in [0.2, 0.25) is 0 Å². The number of thioether (sulfide) groups is 1. The number of aromatic amines is 2. The molecule has 0 saturated carbocycles. The van der Waals surface area contributed by atoms with Crippen LogP contribution in [0.25, 0.3) is 5.69 Å². The van der Waals surface area contributed by atoms with Crippen molar-refractivity contribution in [1.82, 2.24) is 25.0 Å². The summed E-state index contributed by atoms with van der Waals surface area (Å²) >= 11 is 1.64. The van der Waals surface area contributed by atoms with E-state index in [0.717, 1.165) is 27.5 Å². The standard InChI is InChI=1S/C15H17N5OS/c1-9-13(10(2)17-16-9)8-14-18-19-15(21)20(14)11-5-4-6-12(7-11)22-3/h4-7H,8H2,1-3H3,(H,16,17)(H,19,21). The Balaban J connectivity index is 2.06. The number of nitrogens with zero attached hydrogens (tertiary/aromatic N) is 3. The van der Waals surface area contributed by atoms with Gasteiger partial charge in [-0.2, -0.15) is 10.2 Å². The minimum Gasteiger partial charge on any atom is -0.282 e. The summed E-state index contributed by atoms with van der Waals surface area (Å²) in [7, 11) is 0. The third kappa shape index (κ3) is 2.59. The molecular formula is C15H17N5OS. The molecule has 0 aliphatic heterocycles. The molecule has 0 bridgehead atoms. The molecule has 0 saturated heterocycles. The fourth-order valence-corrected chi connectivity index (χ4v) is 2.91. The maximum absolute atomic E-state index is 12.2. The zero-order valence-electron chi connectivity index (χ0n) is 12.7. The molecule has 2 aromatic heterocycles. The van der Waals surface area contributed by atoms with E-state index in [1.807, 2.05) is 44.4 Å². The van der Waals surface area contributed by atoms with E-state index in [1.54, 1.807) is 16.3 Å². The molecule has 7 heteroatoms. The predicted molar refractivity (Wildman–Crippen MR) is 86.8 cm³/mol. The first kappa shape index (κ1) is 14.6. The maximum atomic E-state index is 12.2. The van der Waals surface area contributed by atoms with Crippen LogP contribution in [0.4, 0.5) is 0 Å². The van der Waals surface area contributed by atoms with E-state index < -0.39 is 0 Å². The van der Waals surface area contributed by atoms with Crippen LogP contribution in [0, 0.1) is 13.8 Å². The van der Waals surface area contributed by atoms with Crippen molar-refractivity contribution in [1.29, 1.82) is 0 Å². The zero-order chi connectivity index (χ0) is 15.7. The highest BCUT2D eigenvalue weighted by Gasteiger charge is 2.15. The molecule has 1 aromatic carbocycles. The van der Waals surface area contributed by atoms with Gasteiger partial charge in [0.1, 0.15) is 5.82 Å². The van der Waals surface area contributed by atoms with Crippen molar-refractivity contribution < 1.29 is 0 Å². The van der Waals surface area contributed by atoms with Gasteiger partial charge < -0.3 is 0 Å². The second-order valence-corrected chi connectivity index (χ2v) is 5.95. The number of aryl methyl sites for hydroxylation is 2. The molecule has 2 heterocycles. The molecule has 2 N–H and O–H groups in total. The normalized spacial score (nSPS) is 11.0. The van der Waals surface area contributed by atoms with Crippen LogP contribution in [0.15, 0.2) is 34.0 Å². The van der Waals surface area contributed by atoms with Crippen molar-refractivity contribution in [3.63, 3.8) is 0 Å². The molecule has 22 heavy (non-hydrogen) atoms. The molecular weight excluding hydrogens is 298 g/mol. The van der Waals surface area contributed by atoms with Gasteiger partial charge in [0, 0.05) is 22.6 Å². The van der Waals surface area contributed by atoms with Crippen molar-refractivity contribution >= 4 is 11.8 Å². The molecule has 0 aliphatic carbocycles. The van der Waals surface area contributed by atoms with Crippen LogP contribution in [0.3, 0.4) is 0 Å². The van der Waals surface area contributed by atoms with Crippen LogP contribution in [0.1, 0.15) is 22.8 Å².